The molecule has 0 amide bonds. The number of quaternary nitrogens is 1. The Labute approximate surface area is 96.8 Å². The van der Waals surface area contributed by atoms with Crippen molar-refractivity contribution in [1.82, 2.24) is 0 Å². The van der Waals surface area contributed by atoms with E-state index in [0.29, 0.717) is 4.90 Å². The number of sulfone groups is 1. The maximum absolute atomic E-state index is 12.3. The number of rotatable bonds is 2. The van der Waals surface area contributed by atoms with E-state index in [2.05, 4.69) is 5.32 Å². The van der Waals surface area contributed by atoms with E-state index >= 15 is 0 Å². The van der Waals surface area contributed by atoms with E-state index in [-0.39, 0.29) is 5.25 Å². The largest absolute Gasteiger partial charge is 0.346 e. The van der Waals surface area contributed by atoms with Crippen LogP contribution in [0.3, 0.4) is 0 Å². The summed E-state index contributed by atoms with van der Waals surface area (Å²) in [4.78, 5) is 0.477. The van der Waals surface area contributed by atoms with Crippen LogP contribution in [0.25, 0.3) is 0 Å². The summed E-state index contributed by atoms with van der Waals surface area (Å²) in [5.74, 6) is 0. The van der Waals surface area contributed by atoms with E-state index in [9.17, 15) is 8.42 Å². The molecule has 2 N–H and O–H groups in total. The Morgan fingerprint density at radius 2 is 1.69 bits per heavy atom. The first-order valence-electron chi connectivity index (χ1n) is 5.73. The van der Waals surface area contributed by atoms with E-state index in [1.54, 1.807) is 12.1 Å². The molecular formula is C12H18NO2S+. The molecule has 0 atom stereocenters. The van der Waals surface area contributed by atoms with Gasteiger partial charge in [0.15, 0.2) is 9.84 Å². The second-order valence-electron chi connectivity index (χ2n) is 4.42. The van der Waals surface area contributed by atoms with Crippen LogP contribution >= 0.6 is 0 Å². The molecule has 0 bridgehead atoms. The third-order valence-electron chi connectivity index (χ3n) is 3.17. The topological polar surface area (TPSA) is 50.8 Å². The molecule has 3 nitrogen and oxygen atoms in total. The Bertz CT molecular complexity index is 444. The number of aryl methyl sites for hydroxylation is 1. The van der Waals surface area contributed by atoms with Gasteiger partial charge in [0.2, 0.25) is 0 Å². The van der Waals surface area contributed by atoms with Crippen LogP contribution in [0.5, 0.6) is 0 Å². The van der Waals surface area contributed by atoms with Crippen molar-refractivity contribution < 1.29 is 13.7 Å². The van der Waals surface area contributed by atoms with Gasteiger partial charge in [0.05, 0.1) is 23.2 Å². The van der Waals surface area contributed by atoms with Crippen molar-refractivity contribution in [1.29, 1.82) is 0 Å². The van der Waals surface area contributed by atoms with Gasteiger partial charge in [0.25, 0.3) is 0 Å². The summed E-state index contributed by atoms with van der Waals surface area (Å²) in [5.41, 5.74) is 1.09. The molecule has 0 unspecified atom stereocenters. The summed E-state index contributed by atoms with van der Waals surface area (Å²) in [5, 5.41) is 2.00. The van der Waals surface area contributed by atoms with Gasteiger partial charge in [-0.05, 0) is 19.1 Å². The highest BCUT2D eigenvalue weighted by molar-refractivity contribution is 7.92. The number of hydrogen-bond acceptors (Lipinski definition) is 2. The lowest BCUT2D eigenvalue weighted by atomic mass is 10.2. The number of nitrogens with two attached hydrogens (primary N) is 1. The predicted molar refractivity (Wildman–Crippen MR) is 63.0 cm³/mol. The van der Waals surface area contributed by atoms with Crippen molar-refractivity contribution in [2.24, 2.45) is 0 Å². The molecule has 1 aromatic carbocycles. The van der Waals surface area contributed by atoms with Crippen molar-refractivity contribution in [3.05, 3.63) is 29.8 Å². The van der Waals surface area contributed by atoms with E-state index in [1.165, 1.54) is 0 Å². The van der Waals surface area contributed by atoms with Crippen LogP contribution in [-0.2, 0) is 9.84 Å². The molecule has 0 aliphatic carbocycles. The highest BCUT2D eigenvalue weighted by Crippen LogP contribution is 2.21. The van der Waals surface area contributed by atoms with E-state index in [0.717, 1.165) is 31.5 Å². The van der Waals surface area contributed by atoms with Gasteiger partial charge in [-0.25, -0.2) is 8.42 Å². The molecule has 1 fully saturated rings. The molecule has 1 aliphatic rings. The maximum Gasteiger partial charge on any atom is 0.181 e. The number of hydrogen-bond donors (Lipinski definition) is 1. The lowest BCUT2D eigenvalue weighted by molar-refractivity contribution is -0.661. The summed E-state index contributed by atoms with van der Waals surface area (Å²) in [6.45, 7) is 3.82. The normalized spacial score (nSPS) is 18.6. The van der Waals surface area contributed by atoms with Gasteiger partial charge < -0.3 is 5.32 Å². The van der Waals surface area contributed by atoms with Gasteiger partial charge in [-0.15, -0.1) is 0 Å². The fourth-order valence-electron chi connectivity index (χ4n) is 2.13. The molecule has 4 heteroatoms. The van der Waals surface area contributed by atoms with Gasteiger partial charge in [-0.3, -0.25) is 0 Å². The lowest BCUT2D eigenvalue weighted by Gasteiger charge is -2.20. The standard InChI is InChI=1S/C12H17NO2S/c1-10-2-4-11(5-3-10)16(14,15)12-6-8-13-9-7-12/h2-5,12-13H,6-9H2,1H3/p+1. The van der Waals surface area contributed by atoms with Crippen LogP contribution in [-0.4, -0.2) is 26.8 Å². The smallest absolute Gasteiger partial charge is 0.181 e. The van der Waals surface area contributed by atoms with E-state index in [4.69, 9.17) is 0 Å². The van der Waals surface area contributed by atoms with Gasteiger partial charge in [-0.2, -0.15) is 0 Å². The van der Waals surface area contributed by atoms with Crippen LogP contribution in [0.15, 0.2) is 29.2 Å². The quantitative estimate of drug-likeness (QED) is 0.818. The van der Waals surface area contributed by atoms with Crippen LogP contribution in [0.2, 0.25) is 0 Å². The molecule has 88 valence electrons. The Hall–Kier alpha value is -0.870. The molecular weight excluding hydrogens is 222 g/mol. The molecule has 1 saturated heterocycles. The summed E-state index contributed by atoms with van der Waals surface area (Å²) in [6, 6.07) is 7.18. The summed E-state index contributed by atoms with van der Waals surface area (Å²) in [6.07, 6.45) is 1.55. The average molecular weight is 240 g/mol. The van der Waals surface area contributed by atoms with Crippen molar-refractivity contribution in [3.63, 3.8) is 0 Å². The first-order chi connectivity index (χ1) is 7.60. The highest BCUT2D eigenvalue weighted by Gasteiger charge is 2.30. The second-order valence-corrected chi connectivity index (χ2v) is 6.65. The molecule has 0 aromatic heterocycles. The summed E-state index contributed by atoms with van der Waals surface area (Å²) in [7, 11) is -3.10. The molecule has 0 saturated carbocycles. The summed E-state index contributed by atoms with van der Waals surface area (Å²) < 4.78 is 24.6. The third kappa shape index (κ3) is 2.28. The zero-order chi connectivity index (χ0) is 11.6. The lowest BCUT2D eigenvalue weighted by Crippen LogP contribution is -2.87. The zero-order valence-corrected chi connectivity index (χ0v) is 10.3. The number of piperidine rings is 1. The minimum absolute atomic E-state index is 0.180. The van der Waals surface area contributed by atoms with Crippen molar-refractivity contribution in [3.8, 4) is 0 Å². The Morgan fingerprint density at radius 3 is 2.25 bits per heavy atom. The maximum atomic E-state index is 12.3. The minimum atomic E-state index is -3.10. The van der Waals surface area contributed by atoms with Gasteiger partial charge >= 0.3 is 0 Å². The molecule has 16 heavy (non-hydrogen) atoms. The van der Waals surface area contributed by atoms with Gasteiger partial charge in [0.1, 0.15) is 0 Å². The fraction of sp³-hybridized carbons (Fsp3) is 0.500. The predicted octanol–water partition coefficient (Wildman–Crippen LogP) is 0.495. The first kappa shape index (κ1) is 11.6. The van der Waals surface area contributed by atoms with Gasteiger partial charge in [0, 0.05) is 12.8 Å². The molecule has 1 aromatic rings. The summed E-state index contributed by atoms with van der Waals surface area (Å²) >= 11 is 0. The van der Waals surface area contributed by atoms with Crippen LogP contribution in [0.4, 0.5) is 0 Å². The molecule has 1 aliphatic heterocycles. The van der Waals surface area contributed by atoms with Crippen LogP contribution < -0.4 is 5.32 Å². The number of benzene rings is 1. The molecule has 0 radical (unpaired) electrons. The molecule has 1 heterocycles. The Balaban J connectivity index is 2.27. The van der Waals surface area contributed by atoms with E-state index < -0.39 is 9.84 Å². The zero-order valence-electron chi connectivity index (χ0n) is 9.52. The third-order valence-corrected chi connectivity index (χ3v) is 5.45. The Morgan fingerprint density at radius 1 is 1.12 bits per heavy atom. The van der Waals surface area contributed by atoms with Crippen LogP contribution in [0.1, 0.15) is 18.4 Å². The molecule has 2 rings (SSSR count). The van der Waals surface area contributed by atoms with Crippen molar-refractivity contribution in [2.75, 3.05) is 13.1 Å². The van der Waals surface area contributed by atoms with Crippen molar-refractivity contribution >= 4 is 9.84 Å². The first-order valence-corrected chi connectivity index (χ1v) is 7.27. The highest BCUT2D eigenvalue weighted by atomic mass is 32.2. The van der Waals surface area contributed by atoms with Gasteiger partial charge in [-0.1, -0.05) is 17.7 Å². The Kier molecular flexibility index (Phi) is 3.30. The monoisotopic (exact) mass is 240 g/mol. The minimum Gasteiger partial charge on any atom is -0.346 e. The van der Waals surface area contributed by atoms with Crippen LogP contribution in [0, 0.1) is 6.92 Å². The second kappa shape index (κ2) is 4.55. The van der Waals surface area contributed by atoms with E-state index in [1.807, 2.05) is 19.1 Å². The SMILES string of the molecule is Cc1ccc(S(=O)(=O)C2CC[NH2+]CC2)cc1. The van der Waals surface area contributed by atoms with Crippen molar-refractivity contribution in [2.45, 2.75) is 29.9 Å². The molecule has 0 spiro atoms. The average Bonchev–Trinajstić information content (AvgIpc) is 2.31. The fourth-order valence-corrected chi connectivity index (χ4v) is 3.92.